The molecule has 2 amide bonds. The van der Waals surface area contributed by atoms with Crippen LogP contribution in [0.5, 0.6) is 0 Å². The van der Waals surface area contributed by atoms with E-state index in [1.165, 1.54) is 0 Å². The van der Waals surface area contributed by atoms with Gasteiger partial charge in [0.25, 0.3) is 0 Å². The third kappa shape index (κ3) is 6.22. The summed E-state index contributed by atoms with van der Waals surface area (Å²) in [6.45, 7) is 4.67. The van der Waals surface area contributed by atoms with Crippen molar-refractivity contribution in [3.63, 3.8) is 0 Å². The monoisotopic (exact) mass is 468 g/mol. The summed E-state index contributed by atoms with van der Waals surface area (Å²) in [5.74, 6) is 0. The number of anilines is 1. The highest BCUT2D eigenvalue weighted by atomic mass is 32.2. The van der Waals surface area contributed by atoms with E-state index in [1.54, 1.807) is 28.6 Å². The first-order valence-electron chi connectivity index (χ1n) is 11.6. The van der Waals surface area contributed by atoms with E-state index in [0.29, 0.717) is 31.9 Å². The van der Waals surface area contributed by atoms with Crippen molar-refractivity contribution in [2.24, 2.45) is 0 Å². The van der Waals surface area contributed by atoms with E-state index in [-0.39, 0.29) is 10.9 Å². The first-order chi connectivity index (χ1) is 16.0. The van der Waals surface area contributed by atoms with Crippen LogP contribution in [0, 0.1) is 0 Å². The Morgan fingerprint density at radius 1 is 0.848 bits per heavy atom. The van der Waals surface area contributed by atoms with E-state index in [1.807, 2.05) is 23.1 Å². The van der Waals surface area contributed by atoms with Gasteiger partial charge in [-0.15, -0.1) is 0 Å². The molecular weight excluding hydrogens is 436 g/mol. The van der Waals surface area contributed by atoms with Crippen LogP contribution in [0.4, 0.5) is 10.5 Å². The predicted molar refractivity (Wildman–Crippen MR) is 132 cm³/mol. The fraction of sp³-hybridized carbons (Fsp3) is 0.400. The molecule has 0 bridgehead atoms. The molecule has 33 heavy (non-hydrogen) atoms. The lowest BCUT2D eigenvalue weighted by Gasteiger charge is -2.33. The van der Waals surface area contributed by atoms with Crippen molar-refractivity contribution in [1.29, 1.82) is 0 Å². The third-order valence-corrected chi connectivity index (χ3v) is 8.10. The zero-order valence-electron chi connectivity index (χ0n) is 18.9. The maximum Gasteiger partial charge on any atom is 0.321 e. The molecule has 2 saturated heterocycles. The SMILES string of the molecule is O=C(Nc1ccc(S(=O)(=O)N2CCN(C/C=C/c3ccccc3)CC2)cc1)N1CCCCC1. The van der Waals surface area contributed by atoms with Crippen molar-refractivity contribution in [3.05, 3.63) is 66.2 Å². The summed E-state index contributed by atoms with van der Waals surface area (Å²) in [7, 11) is -3.55. The van der Waals surface area contributed by atoms with Gasteiger partial charge in [0.1, 0.15) is 0 Å². The van der Waals surface area contributed by atoms with Gasteiger partial charge >= 0.3 is 6.03 Å². The number of benzene rings is 2. The second-order valence-corrected chi connectivity index (χ2v) is 10.5. The average molecular weight is 469 g/mol. The van der Waals surface area contributed by atoms with Crippen LogP contribution in [-0.2, 0) is 10.0 Å². The second-order valence-electron chi connectivity index (χ2n) is 8.52. The molecule has 4 rings (SSSR count). The van der Waals surface area contributed by atoms with Gasteiger partial charge in [0.05, 0.1) is 4.90 Å². The van der Waals surface area contributed by atoms with E-state index in [4.69, 9.17) is 0 Å². The Hall–Kier alpha value is -2.68. The standard InChI is InChI=1S/C25H32N4O3S/c30-25(28-16-5-2-6-17-28)26-23-11-13-24(14-12-23)33(31,32)29-20-18-27(19-21-29)15-7-10-22-8-3-1-4-9-22/h1,3-4,7-14H,2,5-6,15-21H2,(H,26,30)/b10-7+. The number of urea groups is 1. The molecule has 2 fully saturated rings. The number of amides is 2. The van der Waals surface area contributed by atoms with Crippen LogP contribution in [-0.4, -0.2) is 74.4 Å². The van der Waals surface area contributed by atoms with Gasteiger partial charge in [0, 0.05) is 51.5 Å². The summed E-state index contributed by atoms with van der Waals surface area (Å²) < 4.78 is 27.7. The van der Waals surface area contributed by atoms with E-state index in [9.17, 15) is 13.2 Å². The molecule has 0 radical (unpaired) electrons. The number of rotatable bonds is 6. The highest BCUT2D eigenvalue weighted by Crippen LogP contribution is 2.21. The van der Waals surface area contributed by atoms with Crippen molar-refractivity contribution in [1.82, 2.24) is 14.1 Å². The normalized spacial score (nSPS) is 18.5. The summed E-state index contributed by atoms with van der Waals surface area (Å²) in [5, 5.41) is 2.87. The number of piperazine rings is 1. The summed E-state index contributed by atoms with van der Waals surface area (Å²) in [6, 6.07) is 16.5. The van der Waals surface area contributed by atoms with Crippen molar-refractivity contribution in [2.45, 2.75) is 24.2 Å². The Bertz CT molecular complexity index is 1040. The van der Waals surface area contributed by atoms with Gasteiger partial charge < -0.3 is 10.2 Å². The lowest BCUT2D eigenvalue weighted by Crippen LogP contribution is -2.48. The average Bonchev–Trinajstić information content (AvgIpc) is 2.86. The molecule has 176 valence electrons. The number of carbonyl (C=O) groups excluding carboxylic acids is 1. The van der Waals surface area contributed by atoms with Gasteiger partial charge in [-0.1, -0.05) is 42.5 Å². The van der Waals surface area contributed by atoms with Crippen LogP contribution in [0.15, 0.2) is 65.6 Å². The molecule has 0 aliphatic carbocycles. The van der Waals surface area contributed by atoms with E-state index >= 15 is 0 Å². The number of nitrogens with one attached hydrogen (secondary N) is 1. The highest BCUT2D eigenvalue weighted by Gasteiger charge is 2.28. The fourth-order valence-corrected chi connectivity index (χ4v) is 5.64. The van der Waals surface area contributed by atoms with Crippen molar-refractivity contribution < 1.29 is 13.2 Å². The Morgan fingerprint density at radius 3 is 2.18 bits per heavy atom. The molecule has 0 atom stereocenters. The first-order valence-corrected chi connectivity index (χ1v) is 13.1. The molecule has 2 aromatic carbocycles. The lowest BCUT2D eigenvalue weighted by atomic mass is 10.1. The van der Waals surface area contributed by atoms with E-state index in [2.05, 4.69) is 34.5 Å². The second kappa shape index (κ2) is 11.0. The van der Waals surface area contributed by atoms with Crippen molar-refractivity contribution >= 4 is 27.8 Å². The van der Waals surface area contributed by atoms with Crippen molar-refractivity contribution in [2.75, 3.05) is 51.1 Å². The molecule has 2 aliphatic heterocycles. The topological polar surface area (TPSA) is 73.0 Å². The third-order valence-electron chi connectivity index (χ3n) is 6.19. The van der Waals surface area contributed by atoms with Crippen LogP contribution in [0.25, 0.3) is 6.08 Å². The summed E-state index contributed by atoms with van der Waals surface area (Å²) in [5.41, 5.74) is 1.77. The highest BCUT2D eigenvalue weighted by molar-refractivity contribution is 7.89. The summed E-state index contributed by atoms with van der Waals surface area (Å²) in [6.07, 6.45) is 7.43. The van der Waals surface area contributed by atoms with Crippen LogP contribution in [0.2, 0.25) is 0 Å². The van der Waals surface area contributed by atoms with Crippen molar-refractivity contribution in [3.8, 4) is 0 Å². The Labute approximate surface area is 196 Å². The number of nitrogens with zero attached hydrogens (tertiary/aromatic N) is 3. The van der Waals surface area contributed by atoms with Crippen LogP contribution in [0.1, 0.15) is 24.8 Å². The number of carbonyl (C=O) groups is 1. The number of hydrogen-bond acceptors (Lipinski definition) is 4. The number of likely N-dealkylation sites (tertiary alicyclic amines) is 1. The van der Waals surface area contributed by atoms with Gasteiger partial charge in [0.15, 0.2) is 0 Å². The molecule has 7 nitrogen and oxygen atoms in total. The summed E-state index contributed by atoms with van der Waals surface area (Å²) >= 11 is 0. The summed E-state index contributed by atoms with van der Waals surface area (Å²) in [4.78, 5) is 16.7. The smallest absolute Gasteiger partial charge is 0.321 e. The molecular formula is C25H32N4O3S. The molecule has 8 heteroatoms. The minimum atomic E-state index is -3.55. The first kappa shape index (κ1) is 23.5. The number of sulfonamides is 1. The quantitative estimate of drug-likeness (QED) is 0.701. The molecule has 2 aromatic rings. The van der Waals surface area contributed by atoms with E-state index in [0.717, 1.165) is 44.5 Å². The molecule has 0 unspecified atom stereocenters. The number of hydrogen-bond donors (Lipinski definition) is 1. The van der Waals surface area contributed by atoms with Gasteiger partial charge in [-0.25, -0.2) is 13.2 Å². The minimum absolute atomic E-state index is 0.122. The van der Waals surface area contributed by atoms with Crippen LogP contribution >= 0.6 is 0 Å². The van der Waals surface area contributed by atoms with Gasteiger partial charge in [-0.2, -0.15) is 4.31 Å². The zero-order valence-corrected chi connectivity index (χ0v) is 19.7. The van der Waals surface area contributed by atoms with Gasteiger partial charge in [-0.05, 0) is 49.1 Å². The van der Waals surface area contributed by atoms with Gasteiger partial charge in [0.2, 0.25) is 10.0 Å². The Kier molecular flexibility index (Phi) is 7.80. The van der Waals surface area contributed by atoms with E-state index < -0.39 is 10.0 Å². The minimum Gasteiger partial charge on any atom is -0.325 e. The maximum absolute atomic E-state index is 13.1. The zero-order chi connectivity index (χ0) is 23.1. The largest absolute Gasteiger partial charge is 0.325 e. The Morgan fingerprint density at radius 2 is 1.52 bits per heavy atom. The molecule has 0 aromatic heterocycles. The fourth-order valence-electron chi connectivity index (χ4n) is 4.21. The Balaban J connectivity index is 1.28. The maximum atomic E-state index is 13.1. The molecule has 1 N–H and O–H groups in total. The van der Waals surface area contributed by atoms with Gasteiger partial charge in [-0.3, -0.25) is 4.90 Å². The molecule has 0 spiro atoms. The van der Waals surface area contributed by atoms with Crippen LogP contribution in [0.3, 0.4) is 0 Å². The molecule has 2 aliphatic rings. The molecule has 2 heterocycles. The molecule has 0 saturated carbocycles. The lowest BCUT2D eigenvalue weighted by molar-refractivity contribution is 0.200. The number of piperidine rings is 1. The predicted octanol–water partition coefficient (Wildman–Crippen LogP) is 3.72. The van der Waals surface area contributed by atoms with Crippen LogP contribution < -0.4 is 5.32 Å².